The molecule has 0 saturated heterocycles. The van der Waals surface area contributed by atoms with Gasteiger partial charge < -0.3 is 21.7 Å². The van der Waals surface area contributed by atoms with Gasteiger partial charge in [0.15, 0.2) is 5.96 Å². The molecular formula is C24H41N5O2. The SMILES string of the molecule is C/C(C=O)=C/C=C(/C)N(C)Cc1ccccc1.CC.CC(CCCN=C(N)N)NC=O. The third-order valence-corrected chi connectivity index (χ3v) is 4.08. The fourth-order valence-corrected chi connectivity index (χ4v) is 2.21. The number of nitrogens with two attached hydrogens (primary N) is 2. The number of nitrogens with zero attached hydrogens (tertiary/aromatic N) is 2. The lowest BCUT2D eigenvalue weighted by Gasteiger charge is -2.19. The number of aliphatic imine (C=N–C) groups is 1. The van der Waals surface area contributed by atoms with E-state index >= 15 is 0 Å². The number of hydrogen-bond acceptors (Lipinski definition) is 4. The van der Waals surface area contributed by atoms with Crippen molar-refractivity contribution in [3.63, 3.8) is 0 Å². The quantitative estimate of drug-likeness (QED) is 0.124. The molecule has 0 bridgehead atoms. The molecular weight excluding hydrogens is 390 g/mol. The van der Waals surface area contributed by atoms with E-state index < -0.39 is 0 Å². The molecule has 0 aliphatic carbocycles. The maximum Gasteiger partial charge on any atom is 0.207 e. The minimum absolute atomic E-state index is 0.117. The highest BCUT2D eigenvalue weighted by Gasteiger charge is 1.99. The number of aldehydes is 1. The Morgan fingerprint density at radius 1 is 1.13 bits per heavy atom. The van der Waals surface area contributed by atoms with Gasteiger partial charge >= 0.3 is 0 Å². The molecule has 7 heteroatoms. The van der Waals surface area contributed by atoms with Crippen molar-refractivity contribution in [3.8, 4) is 0 Å². The highest BCUT2D eigenvalue weighted by molar-refractivity contribution is 5.75. The molecule has 1 unspecified atom stereocenters. The second-order valence-electron chi connectivity index (χ2n) is 6.81. The summed E-state index contributed by atoms with van der Waals surface area (Å²) in [7, 11) is 2.04. The van der Waals surface area contributed by atoms with Gasteiger partial charge in [0.1, 0.15) is 6.29 Å². The summed E-state index contributed by atoms with van der Waals surface area (Å²) in [5.74, 6) is 0.117. The molecule has 0 radical (unpaired) electrons. The highest BCUT2D eigenvalue weighted by atomic mass is 16.1. The maximum absolute atomic E-state index is 10.5. The van der Waals surface area contributed by atoms with Crippen LogP contribution in [0.4, 0.5) is 0 Å². The van der Waals surface area contributed by atoms with Gasteiger partial charge in [0.25, 0.3) is 0 Å². The van der Waals surface area contributed by atoms with Crippen molar-refractivity contribution in [2.24, 2.45) is 16.5 Å². The number of nitrogens with one attached hydrogen (secondary N) is 1. The standard InChI is InChI=1S/C15H19NO.C7H16N4O.C2H6/c1-13(12-17)9-10-14(2)16(3)11-15-7-5-4-6-8-15;1-6(11-5-12)3-2-4-10-7(8)9;1-2/h4-10,12H,11H2,1-3H3;5-6H,2-4H2,1H3,(H,11,12)(H4,8,9,10);1-2H3/b13-9-,14-10-;;. The minimum atomic E-state index is 0.117. The maximum atomic E-state index is 10.5. The summed E-state index contributed by atoms with van der Waals surface area (Å²) in [5, 5.41) is 2.64. The van der Waals surface area contributed by atoms with Crippen LogP contribution >= 0.6 is 0 Å². The van der Waals surface area contributed by atoms with Crippen LogP contribution in [0.2, 0.25) is 0 Å². The van der Waals surface area contributed by atoms with Gasteiger partial charge in [-0.05, 0) is 50.8 Å². The molecule has 5 N–H and O–H groups in total. The van der Waals surface area contributed by atoms with Crippen LogP contribution in [-0.2, 0) is 16.1 Å². The average molecular weight is 432 g/mol. The first-order valence-electron chi connectivity index (χ1n) is 10.6. The monoisotopic (exact) mass is 431 g/mol. The Bertz CT molecular complexity index is 680. The van der Waals surface area contributed by atoms with Crippen LogP contribution in [0.3, 0.4) is 0 Å². The third kappa shape index (κ3) is 18.7. The molecule has 1 amide bonds. The van der Waals surface area contributed by atoms with Crippen LogP contribution in [-0.4, -0.2) is 43.2 Å². The van der Waals surface area contributed by atoms with Crippen molar-refractivity contribution in [2.75, 3.05) is 13.6 Å². The summed E-state index contributed by atoms with van der Waals surface area (Å²) in [4.78, 5) is 26.4. The Morgan fingerprint density at radius 2 is 1.74 bits per heavy atom. The van der Waals surface area contributed by atoms with Crippen molar-refractivity contribution in [1.82, 2.24) is 10.2 Å². The number of allylic oxidation sites excluding steroid dienone is 4. The van der Waals surface area contributed by atoms with E-state index in [0.29, 0.717) is 13.0 Å². The summed E-state index contributed by atoms with van der Waals surface area (Å²) in [6.07, 6.45) is 7.12. The molecule has 0 heterocycles. The number of guanidine groups is 1. The van der Waals surface area contributed by atoms with Crippen LogP contribution in [0, 0.1) is 0 Å². The van der Waals surface area contributed by atoms with Crippen LogP contribution in [0.1, 0.15) is 53.0 Å². The van der Waals surface area contributed by atoms with Crippen molar-refractivity contribution in [2.45, 2.75) is 60.0 Å². The van der Waals surface area contributed by atoms with Gasteiger partial charge in [-0.1, -0.05) is 50.3 Å². The molecule has 31 heavy (non-hydrogen) atoms. The van der Waals surface area contributed by atoms with Crippen molar-refractivity contribution in [1.29, 1.82) is 0 Å². The van der Waals surface area contributed by atoms with Crippen LogP contribution < -0.4 is 16.8 Å². The lowest BCUT2D eigenvalue weighted by atomic mass is 10.2. The van der Waals surface area contributed by atoms with E-state index in [1.807, 2.05) is 65.1 Å². The number of amides is 1. The summed E-state index contributed by atoms with van der Waals surface area (Å²) < 4.78 is 0. The van der Waals surface area contributed by atoms with E-state index in [9.17, 15) is 9.59 Å². The summed E-state index contributed by atoms with van der Waals surface area (Å²) >= 11 is 0. The molecule has 1 aromatic rings. The molecule has 1 atom stereocenters. The van der Waals surface area contributed by atoms with Gasteiger partial charge in [0, 0.05) is 31.9 Å². The first kappa shape index (κ1) is 30.1. The van der Waals surface area contributed by atoms with Gasteiger partial charge in [-0.15, -0.1) is 0 Å². The van der Waals surface area contributed by atoms with Crippen LogP contribution in [0.25, 0.3) is 0 Å². The highest BCUT2D eigenvalue weighted by Crippen LogP contribution is 2.08. The van der Waals surface area contributed by atoms with E-state index in [-0.39, 0.29) is 12.0 Å². The zero-order valence-corrected chi connectivity index (χ0v) is 20.0. The zero-order valence-electron chi connectivity index (χ0n) is 20.0. The molecule has 0 aliphatic heterocycles. The molecule has 0 spiro atoms. The molecule has 0 aliphatic rings. The van der Waals surface area contributed by atoms with E-state index in [1.165, 1.54) is 5.56 Å². The van der Waals surface area contributed by atoms with Crippen LogP contribution in [0.5, 0.6) is 0 Å². The lowest BCUT2D eigenvalue weighted by Crippen LogP contribution is -2.25. The van der Waals surface area contributed by atoms with Gasteiger partial charge in [-0.3, -0.25) is 14.6 Å². The topological polar surface area (TPSA) is 114 Å². The minimum Gasteiger partial charge on any atom is -0.374 e. The second kappa shape index (κ2) is 20.2. The Morgan fingerprint density at radius 3 is 2.26 bits per heavy atom. The normalized spacial score (nSPS) is 11.5. The van der Waals surface area contributed by atoms with Gasteiger partial charge in [-0.25, -0.2) is 0 Å². The van der Waals surface area contributed by atoms with Crippen molar-refractivity contribution < 1.29 is 9.59 Å². The predicted molar refractivity (Wildman–Crippen MR) is 131 cm³/mol. The molecule has 1 aromatic carbocycles. The van der Waals surface area contributed by atoms with E-state index in [1.54, 1.807) is 6.92 Å². The Balaban J connectivity index is 0. The number of benzene rings is 1. The molecule has 1 rings (SSSR count). The molecule has 0 aromatic heterocycles. The Hall–Kier alpha value is -3.09. The number of hydrogen-bond donors (Lipinski definition) is 3. The number of carbonyl (C=O) groups is 2. The summed E-state index contributed by atoms with van der Waals surface area (Å²) in [5.41, 5.74) is 13.4. The number of rotatable bonds is 11. The summed E-state index contributed by atoms with van der Waals surface area (Å²) in [6.45, 7) is 11.3. The number of carbonyl (C=O) groups excluding carboxylic acids is 2. The molecule has 7 nitrogen and oxygen atoms in total. The van der Waals surface area contributed by atoms with E-state index in [2.05, 4.69) is 27.3 Å². The first-order valence-corrected chi connectivity index (χ1v) is 10.6. The van der Waals surface area contributed by atoms with Gasteiger partial charge in [-0.2, -0.15) is 0 Å². The van der Waals surface area contributed by atoms with Gasteiger partial charge in [0.05, 0.1) is 0 Å². The molecule has 0 saturated carbocycles. The van der Waals surface area contributed by atoms with Crippen molar-refractivity contribution in [3.05, 3.63) is 59.3 Å². The summed E-state index contributed by atoms with van der Waals surface area (Å²) in [6, 6.07) is 10.5. The van der Waals surface area contributed by atoms with E-state index in [4.69, 9.17) is 11.5 Å². The fourth-order valence-electron chi connectivity index (χ4n) is 2.21. The third-order valence-electron chi connectivity index (χ3n) is 4.08. The fraction of sp³-hybridized carbons (Fsp3) is 0.458. The Labute approximate surface area is 188 Å². The average Bonchev–Trinajstić information content (AvgIpc) is 2.77. The van der Waals surface area contributed by atoms with Crippen molar-refractivity contribution >= 4 is 18.7 Å². The van der Waals surface area contributed by atoms with Gasteiger partial charge in [0.2, 0.25) is 6.41 Å². The largest absolute Gasteiger partial charge is 0.374 e. The van der Waals surface area contributed by atoms with Crippen LogP contribution in [0.15, 0.2) is 58.7 Å². The first-order chi connectivity index (χ1) is 14.8. The molecule has 174 valence electrons. The zero-order chi connectivity index (χ0) is 24.1. The Kier molecular flexibility index (Phi) is 19.6. The van der Waals surface area contributed by atoms with E-state index in [0.717, 1.165) is 36.9 Å². The predicted octanol–water partition coefficient (Wildman–Crippen LogP) is 3.37. The second-order valence-corrected chi connectivity index (χ2v) is 6.81. The molecule has 0 fully saturated rings. The lowest BCUT2D eigenvalue weighted by molar-refractivity contribution is -0.110. The smallest absolute Gasteiger partial charge is 0.207 e.